The number of thiazole rings is 1. The Morgan fingerprint density at radius 2 is 2.29 bits per heavy atom. The fourth-order valence-electron chi connectivity index (χ4n) is 1.68. The molecule has 3 heterocycles. The van der Waals surface area contributed by atoms with Crippen molar-refractivity contribution in [2.75, 3.05) is 0 Å². The molecule has 0 fully saturated rings. The highest BCUT2D eigenvalue weighted by atomic mass is 32.1. The topological polar surface area (TPSA) is 56.5 Å². The van der Waals surface area contributed by atoms with Gasteiger partial charge in [0, 0.05) is 11.6 Å². The van der Waals surface area contributed by atoms with Gasteiger partial charge in [0.25, 0.3) is 0 Å². The summed E-state index contributed by atoms with van der Waals surface area (Å²) in [7, 11) is 0. The maximum atomic E-state index is 4.52. The Balaban J connectivity index is 1.94. The maximum absolute atomic E-state index is 4.52. The molecule has 86 valence electrons. The van der Waals surface area contributed by atoms with Crippen LogP contribution in [0.4, 0.5) is 0 Å². The smallest absolute Gasteiger partial charge is 0.161 e. The molecule has 0 aromatic carbocycles. The van der Waals surface area contributed by atoms with E-state index in [1.165, 1.54) is 0 Å². The quantitative estimate of drug-likeness (QED) is 0.707. The molecule has 0 saturated carbocycles. The first-order chi connectivity index (χ1) is 8.36. The van der Waals surface area contributed by atoms with Crippen molar-refractivity contribution in [1.29, 1.82) is 0 Å². The van der Waals surface area contributed by atoms with Gasteiger partial charge < -0.3 is 0 Å². The Labute approximate surface area is 102 Å². The Kier molecular flexibility index (Phi) is 2.56. The minimum atomic E-state index is 0.664. The monoisotopic (exact) mass is 245 g/mol. The molecule has 0 radical (unpaired) electrons. The summed E-state index contributed by atoms with van der Waals surface area (Å²) >= 11 is 1.69. The first kappa shape index (κ1) is 10.3. The Bertz CT molecular complexity index is 642. The van der Waals surface area contributed by atoms with Crippen LogP contribution in [0.1, 0.15) is 17.6 Å². The molecule has 0 aliphatic rings. The maximum Gasteiger partial charge on any atom is 0.161 e. The van der Waals surface area contributed by atoms with Gasteiger partial charge in [-0.1, -0.05) is 6.92 Å². The van der Waals surface area contributed by atoms with Crippen LogP contribution in [-0.2, 0) is 13.0 Å². The van der Waals surface area contributed by atoms with Crippen molar-refractivity contribution in [2.45, 2.75) is 19.9 Å². The summed E-state index contributed by atoms with van der Waals surface area (Å²) < 4.78 is 1.85. The molecule has 0 saturated heterocycles. The third-order valence-corrected chi connectivity index (χ3v) is 3.55. The van der Waals surface area contributed by atoms with Gasteiger partial charge in [0.1, 0.15) is 6.33 Å². The molecule has 6 heteroatoms. The normalized spacial score (nSPS) is 11.1. The van der Waals surface area contributed by atoms with Crippen LogP contribution in [0.15, 0.2) is 24.1 Å². The lowest BCUT2D eigenvalue weighted by Gasteiger charge is -1.98. The highest BCUT2D eigenvalue weighted by molar-refractivity contribution is 7.09. The molecule has 3 aromatic rings. The summed E-state index contributed by atoms with van der Waals surface area (Å²) in [5.41, 5.74) is 1.89. The van der Waals surface area contributed by atoms with Gasteiger partial charge in [-0.05, 0) is 6.42 Å². The number of rotatable bonds is 3. The molecule has 5 nitrogen and oxygen atoms in total. The van der Waals surface area contributed by atoms with Gasteiger partial charge in [-0.25, -0.2) is 19.6 Å². The van der Waals surface area contributed by atoms with Crippen molar-refractivity contribution in [3.05, 3.63) is 34.8 Å². The summed E-state index contributed by atoms with van der Waals surface area (Å²) in [6.07, 6.45) is 6.07. The molecular formula is C11H11N5S. The lowest BCUT2D eigenvalue weighted by atomic mass is 10.4. The fourth-order valence-corrected chi connectivity index (χ4v) is 2.42. The molecule has 0 bridgehead atoms. The summed E-state index contributed by atoms with van der Waals surface area (Å²) in [4.78, 5) is 12.7. The Morgan fingerprint density at radius 1 is 1.35 bits per heavy atom. The van der Waals surface area contributed by atoms with Crippen LogP contribution >= 0.6 is 11.3 Å². The van der Waals surface area contributed by atoms with Crippen molar-refractivity contribution in [3.8, 4) is 0 Å². The van der Waals surface area contributed by atoms with Gasteiger partial charge in [0.2, 0.25) is 0 Å². The van der Waals surface area contributed by atoms with E-state index in [4.69, 9.17) is 0 Å². The van der Waals surface area contributed by atoms with Crippen LogP contribution in [0.5, 0.6) is 0 Å². The largest absolute Gasteiger partial charge is 0.244 e. The van der Waals surface area contributed by atoms with Gasteiger partial charge in [-0.2, -0.15) is 5.10 Å². The Hall–Kier alpha value is -1.82. The van der Waals surface area contributed by atoms with Gasteiger partial charge in [-0.3, -0.25) is 0 Å². The predicted molar refractivity (Wildman–Crippen MR) is 65.9 cm³/mol. The number of aromatic nitrogens is 5. The number of nitrogens with zero attached hydrogens (tertiary/aromatic N) is 5. The Morgan fingerprint density at radius 3 is 3.12 bits per heavy atom. The molecule has 3 rings (SSSR count). The first-order valence-corrected chi connectivity index (χ1v) is 6.29. The molecule has 0 atom stereocenters. The summed E-state index contributed by atoms with van der Waals surface area (Å²) in [5, 5.41) is 8.50. The number of hydrogen-bond donors (Lipinski definition) is 0. The standard InChI is InChI=1S/C11H11N5S/c1-2-10-15-9(6-17-10)5-16-11-8(4-14-16)3-12-7-13-11/h3-4,6-7H,2,5H2,1H3. The highest BCUT2D eigenvalue weighted by Crippen LogP contribution is 2.14. The van der Waals surface area contributed by atoms with Crippen LogP contribution in [0.2, 0.25) is 0 Å². The van der Waals surface area contributed by atoms with Crippen molar-refractivity contribution in [3.63, 3.8) is 0 Å². The predicted octanol–water partition coefficient (Wildman–Crippen LogP) is 1.89. The minimum absolute atomic E-state index is 0.664. The van der Waals surface area contributed by atoms with Crippen LogP contribution in [0.3, 0.4) is 0 Å². The first-order valence-electron chi connectivity index (χ1n) is 5.41. The second-order valence-electron chi connectivity index (χ2n) is 3.69. The van der Waals surface area contributed by atoms with E-state index >= 15 is 0 Å². The number of hydrogen-bond acceptors (Lipinski definition) is 5. The molecule has 0 aliphatic carbocycles. The van der Waals surface area contributed by atoms with E-state index in [2.05, 4.69) is 32.4 Å². The molecule has 17 heavy (non-hydrogen) atoms. The van der Waals surface area contributed by atoms with E-state index < -0.39 is 0 Å². The van der Waals surface area contributed by atoms with E-state index in [-0.39, 0.29) is 0 Å². The SMILES string of the molecule is CCc1nc(Cn2ncc3cncnc32)cs1. The van der Waals surface area contributed by atoms with Gasteiger partial charge in [0.15, 0.2) is 5.65 Å². The third-order valence-electron chi connectivity index (χ3n) is 2.51. The fraction of sp³-hybridized carbons (Fsp3) is 0.273. The van der Waals surface area contributed by atoms with E-state index in [1.54, 1.807) is 30.1 Å². The highest BCUT2D eigenvalue weighted by Gasteiger charge is 2.06. The average molecular weight is 245 g/mol. The van der Waals surface area contributed by atoms with Crippen molar-refractivity contribution >= 4 is 22.4 Å². The van der Waals surface area contributed by atoms with Crippen molar-refractivity contribution < 1.29 is 0 Å². The molecule has 0 aliphatic heterocycles. The molecular weight excluding hydrogens is 234 g/mol. The van der Waals surface area contributed by atoms with Crippen LogP contribution in [-0.4, -0.2) is 24.7 Å². The van der Waals surface area contributed by atoms with E-state index in [0.717, 1.165) is 28.2 Å². The van der Waals surface area contributed by atoms with Crippen molar-refractivity contribution in [1.82, 2.24) is 24.7 Å². The second kappa shape index (κ2) is 4.21. The average Bonchev–Trinajstić information content (AvgIpc) is 2.97. The third kappa shape index (κ3) is 1.91. The number of aryl methyl sites for hydroxylation is 1. The summed E-state index contributed by atoms with van der Waals surface area (Å²) in [6.45, 7) is 2.77. The van der Waals surface area contributed by atoms with Crippen LogP contribution < -0.4 is 0 Å². The lowest BCUT2D eigenvalue weighted by molar-refractivity contribution is 0.690. The molecule has 0 spiro atoms. The molecule has 0 amide bonds. The molecule has 0 N–H and O–H groups in total. The summed E-state index contributed by atoms with van der Waals surface area (Å²) in [6, 6.07) is 0. The van der Waals surface area contributed by atoms with E-state index in [1.807, 2.05) is 4.68 Å². The molecule has 0 unspecified atom stereocenters. The zero-order valence-corrected chi connectivity index (χ0v) is 10.2. The van der Waals surface area contributed by atoms with Crippen LogP contribution in [0.25, 0.3) is 11.0 Å². The zero-order chi connectivity index (χ0) is 11.7. The minimum Gasteiger partial charge on any atom is -0.244 e. The number of fused-ring (bicyclic) bond motifs is 1. The van der Waals surface area contributed by atoms with Gasteiger partial charge in [0.05, 0.1) is 28.8 Å². The van der Waals surface area contributed by atoms with Crippen LogP contribution in [0, 0.1) is 0 Å². The van der Waals surface area contributed by atoms with E-state index in [9.17, 15) is 0 Å². The lowest BCUT2D eigenvalue weighted by Crippen LogP contribution is -2.03. The van der Waals surface area contributed by atoms with Gasteiger partial charge >= 0.3 is 0 Å². The van der Waals surface area contributed by atoms with Gasteiger partial charge in [-0.15, -0.1) is 11.3 Å². The zero-order valence-electron chi connectivity index (χ0n) is 9.37. The van der Waals surface area contributed by atoms with E-state index in [0.29, 0.717) is 6.54 Å². The molecule has 3 aromatic heterocycles. The second-order valence-corrected chi connectivity index (χ2v) is 4.63. The summed E-state index contributed by atoms with van der Waals surface area (Å²) in [5.74, 6) is 0. The van der Waals surface area contributed by atoms with Crippen molar-refractivity contribution in [2.24, 2.45) is 0 Å².